The van der Waals surface area contributed by atoms with E-state index in [1.165, 1.54) is 0 Å². The SMILES string of the molecule is Cc1nn(-c2ccc(C(=O)NNC(=O)C3CC3)cc2)c(C)c1Cl. The minimum atomic E-state index is -0.350. The zero-order chi connectivity index (χ0) is 16.6. The zero-order valence-electron chi connectivity index (χ0n) is 12.9. The van der Waals surface area contributed by atoms with Gasteiger partial charge in [0.1, 0.15) is 0 Å². The van der Waals surface area contributed by atoms with Gasteiger partial charge in [-0.15, -0.1) is 0 Å². The number of nitrogens with one attached hydrogen (secondary N) is 2. The van der Waals surface area contributed by atoms with Crippen molar-refractivity contribution in [3.8, 4) is 5.69 Å². The van der Waals surface area contributed by atoms with Crippen LogP contribution >= 0.6 is 11.6 Å². The number of hydrazine groups is 1. The van der Waals surface area contributed by atoms with Crippen LogP contribution in [-0.4, -0.2) is 21.6 Å². The molecule has 0 spiro atoms. The molecule has 3 rings (SSSR count). The maximum atomic E-state index is 12.0. The molecule has 0 aliphatic heterocycles. The lowest BCUT2D eigenvalue weighted by Crippen LogP contribution is -2.42. The van der Waals surface area contributed by atoms with Gasteiger partial charge in [0.15, 0.2) is 0 Å². The summed E-state index contributed by atoms with van der Waals surface area (Å²) >= 11 is 6.14. The third-order valence-electron chi connectivity index (χ3n) is 3.82. The molecule has 0 bridgehead atoms. The van der Waals surface area contributed by atoms with E-state index in [4.69, 9.17) is 11.6 Å². The van der Waals surface area contributed by atoms with Gasteiger partial charge in [-0.2, -0.15) is 5.10 Å². The molecule has 2 aromatic rings. The van der Waals surface area contributed by atoms with Gasteiger partial charge in [-0.25, -0.2) is 4.68 Å². The molecule has 1 aromatic heterocycles. The zero-order valence-corrected chi connectivity index (χ0v) is 13.6. The van der Waals surface area contributed by atoms with Crippen LogP contribution in [0.3, 0.4) is 0 Å². The Morgan fingerprint density at radius 3 is 2.35 bits per heavy atom. The molecule has 1 fully saturated rings. The lowest BCUT2D eigenvalue weighted by Gasteiger charge is -2.08. The summed E-state index contributed by atoms with van der Waals surface area (Å²) in [5, 5.41) is 5.00. The molecule has 1 heterocycles. The highest BCUT2D eigenvalue weighted by Crippen LogP contribution is 2.28. The Morgan fingerprint density at radius 1 is 1.17 bits per heavy atom. The number of carbonyl (C=O) groups is 2. The smallest absolute Gasteiger partial charge is 0.269 e. The average molecular weight is 333 g/mol. The number of carbonyl (C=O) groups excluding carboxylic acids is 2. The van der Waals surface area contributed by atoms with Crippen LogP contribution in [0.5, 0.6) is 0 Å². The lowest BCUT2D eigenvalue weighted by atomic mass is 10.2. The first kappa shape index (κ1) is 15.6. The average Bonchev–Trinajstić information content (AvgIpc) is 3.37. The van der Waals surface area contributed by atoms with Crippen LogP contribution in [0, 0.1) is 19.8 Å². The Balaban J connectivity index is 1.69. The number of hydrogen-bond donors (Lipinski definition) is 2. The lowest BCUT2D eigenvalue weighted by molar-refractivity contribution is -0.123. The number of rotatable bonds is 3. The first-order valence-corrected chi connectivity index (χ1v) is 7.77. The van der Waals surface area contributed by atoms with Crippen molar-refractivity contribution in [3.05, 3.63) is 46.2 Å². The molecule has 2 amide bonds. The first-order chi connectivity index (χ1) is 11.0. The minimum Gasteiger partial charge on any atom is -0.273 e. The van der Waals surface area contributed by atoms with E-state index in [9.17, 15) is 9.59 Å². The van der Waals surface area contributed by atoms with E-state index in [-0.39, 0.29) is 17.7 Å². The van der Waals surface area contributed by atoms with Crippen molar-refractivity contribution in [1.82, 2.24) is 20.6 Å². The molecule has 120 valence electrons. The molecule has 1 aromatic carbocycles. The minimum absolute atomic E-state index is 0.0495. The fourth-order valence-electron chi connectivity index (χ4n) is 2.27. The van der Waals surface area contributed by atoms with E-state index in [0.29, 0.717) is 10.6 Å². The van der Waals surface area contributed by atoms with Crippen molar-refractivity contribution in [2.24, 2.45) is 5.92 Å². The molecule has 6 nitrogen and oxygen atoms in total. The van der Waals surface area contributed by atoms with Crippen molar-refractivity contribution >= 4 is 23.4 Å². The molecular formula is C16H17ClN4O2. The van der Waals surface area contributed by atoms with Gasteiger partial charge in [-0.3, -0.25) is 20.4 Å². The standard InChI is InChI=1S/C16H17ClN4O2/c1-9-14(17)10(2)21(20-9)13-7-5-12(6-8-13)16(23)19-18-15(22)11-3-4-11/h5-8,11H,3-4H2,1-2H3,(H,18,22)(H,19,23). The molecule has 1 aliphatic rings. The van der Waals surface area contributed by atoms with Crippen molar-refractivity contribution in [2.75, 3.05) is 0 Å². The molecule has 1 saturated carbocycles. The van der Waals surface area contributed by atoms with E-state index in [0.717, 1.165) is 29.9 Å². The Bertz CT molecular complexity index is 763. The summed E-state index contributed by atoms with van der Waals surface area (Å²) < 4.78 is 1.73. The number of amides is 2. The molecular weight excluding hydrogens is 316 g/mol. The number of nitrogens with zero attached hydrogens (tertiary/aromatic N) is 2. The van der Waals surface area contributed by atoms with Crippen LogP contribution in [0.2, 0.25) is 5.02 Å². The molecule has 0 unspecified atom stereocenters. The Hall–Kier alpha value is -2.34. The summed E-state index contributed by atoms with van der Waals surface area (Å²) in [5.41, 5.74) is 7.73. The molecule has 1 aliphatic carbocycles. The second-order valence-corrected chi connectivity index (χ2v) is 6.04. The summed E-state index contributed by atoms with van der Waals surface area (Å²) in [6, 6.07) is 6.93. The van der Waals surface area contributed by atoms with Crippen LogP contribution in [0.15, 0.2) is 24.3 Å². The normalized spacial score (nSPS) is 13.7. The van der Waals surface area contributed by atoms with Crippen LogP contribution in [0.25, 0.3) is 5.69 Å². The highest BCUT2D eigenvalue weighted by molar-refractivity contribution is 6.31. The first-order valence-electron chi connectivity index (χ1n) is 7.39. The molecule has 0 saturated heterocycles. The van der Waals surface area contributed by atoms with Crippen LogP contribution < -0.4 is 10.9 Å². The third-order valence-corrected chi connectivity index (χ3v) is 4.37. The molecule has 0 atom stereocenters. The Labute approximate surface area is 138 Å². The second-order valence-electron chi connectivity index (χ2n) is 5.66. The fourth-order valence-corrected chi connectivity index (χ4v) is 2.39. The summed E-state index contributed by atoms with van der Waals surface area (Å²) in [6.07, 6.45) is 1.78. The van der Waals surface area contributed by atoms with Crippen LogP contribution in [-0.2, 0) is 4.79 Å². The van der Waals surface area contributed by atoms with Gasteiger partial charge in [-0.05, 0) is 51.0 Å². The fraction of sp³-hybridized carbons (Fsp3) is 0.312. The summed E-state index contributed by atoms with van der Waals surface area (Å²) in [4.78, 5) is 23.5. The van der Waals surface area contributed by atoms with Crippen molar-refractivity contribution in [2.45, 2.75) is 26.7 Å². The van der Waals surface area contributed by atoms with Crippen molar-refractivity contribution in [1.29, 1.82) is 0 Å². The predicted octanol–water partition coefficient (Wildman–Crippen LogP) is 2.31. The maximum absolute atomic E-state index is 12.0. The number of benzene rings is 1. The molecule has 2 N–H and O–H groups in total. The van der Waals surface area contributed by atoms with E-state index < -0.39 is 0 Å². The van der Waals surface area contributed by atoms with Gasteiger partial charge >= 0.3 is 0 Å². The maximum Gasteiger partial charge on any atom is 0.269 e. The number of aromatic nitrogens is 2. The van der Waals surface area contributed by atoms with E-state index in [1.54, 1.807) is 28.9 Å². The Morgan fingerprint density at radius 2 is 1.83 bits per heavy atom. The van der Waals surface area contributed by atoms with E-state index >= 15 is 0 Å². The third kappa shape index (κ3) is 3.22. The van der Waals surface area contributed by atoms with Gasteiger partial charge < -0.3 is 0 Å². The van der Waals surface area contributed by atoms with Gasteiger partial charge in [-0.1, -0.05) is 11.6 Å². The monoisotopic (exact) mass is 332 g/mol. The largest absolute Gasteiger partial charge is 0.273 e. The topological polar surface area (TPSA) is 76.0 Å². The van der Waals surface area contributed by atoms with Crippen molar-refractivity contribution in [3.63, 3.8) is 0 Å². The number of aryl methyl sites for hydroxylation is 1. The quantitative estimate of drug-likeness (QED) is 0.847. The van der Waals surface area contributed by atoms with Gasteiger partial charge in [0.05, 0.1) is 22.1 Å². The highest BCUT2D eigenvalue weighted by Gasteiger charge is 2.29. The summed E-state index contributed by atoms with van der Waals surface area (Å²) in [6.45, 7) is 3.73. The second kappa shape index (κ2) is 6.04. The molecule has 0 radical (unpaired) electrons. The summed E-state index contributed by atoms with van der Waals surface area (Å²) in [5.74, 6) is -0.433. The highest BCUT2D eigenvalue weighted by atomic mass is 35.5. The Kier molecular flexibility index (Phi) is 4.09. The van der Waals surface area contributed by atoms with E-state index in [1.807, 2.05) is 13.8 Å². The number of halogens is 1. The van der Waals surface area contributed by atoms with E-state index in [2.05, 4.69) is 16.0 Å². The summed E-state index contributed by atoms with van der Waals surface area (Å²) in [7, 11) is 0. The predicted molar refractivity (Wildman–Crippen MR) is 86.4 cm³/mol. The molecule has 7 heteroatoms. The number of hydrogen-bond acceptors (Lipinski definition) is 3. The van der Waals surface area contributed by atoms with Crippen LogP contribution in [0.4, 0.5) is 0 Å². The van der Waals surface area contributed by atoms with Crippen LogP contribution in [0.1, 0.15) is 34.6 Å². The van der Waals surface area contributed by atoms with Crippen molar-refractivity contribution < 1.29 is 9.59 Å². The van der Waals surface area contributed by atoms with Gasteiger partial charge in [0.2, 0.25) is 5.91 Å². The molecule has 23 heavy (non-hydrogen) atoms. The van der Waals surface area contributed by atoms with Gasteiger partial charge in [0.25, 0.3) is 5.91 Å². The van der Waals surface area contributed by atoms with Gasteiger partial charge in [0, 0.05) is 11.5 Å².